The van der Waals surface area contributed by atoms with Crippen molar-refractivity contribution in [3.63, 3.8) is 0 Å². The third kappa shape index (κ3) is 2.16. The molecule has 6 nitrogen and oxygen atoms in total. The van der Waals surface area contributed by atoms with Crippen molar-refractivity contribution < 1.29 is 9.53 Å². The number of aromatic nitrogens is 2. The molecule has 1 N–H and O–H groups in total. The second-order valence-electron chi connectivity index (χ2n) is 4.35. The molecule has 0 radical (unpaired) electrons. The highest BCUT2D eigenvalue weighted by atomic mass is 16.5. The highest BCUT2D eigenvalue weighted by Crippen LogP contribution is 2.09. The zero-order chi connectivity index (χ0) is 14.2. The minimum Gasteiger partial charge on any atom is -0.467 e. The molecule has 1 atom stereocenters. The fraction of sp³-hybridized carbons (Fsp3) is 0.308. The monoisotopic (exact) mass is 262 g/mol. The molecule has 19 heavy (non-hydrogen) atoms. The SMILES string of the molecule is COC(=O)C(C)n1c(=O)[nH]c2ccc(C)cc2c1=O. The summed E-state index contributed by atoms with van der Waals surface area (Å²) in [6.07, 6.45) is 0. The fourth-order valence-corrected chi connectivity index (χ4v) is 1.97. The number of hydrogen-bond acceptors (Lipinski definition) is 4. The summed E-state index contributed by atoms with van der Waals surface area (Å²) in [7, 11) is 1.21. The van der Waals surface area contributed by atoms with Gasteiger partial charge in [-0.3, -0.25) is 4.79 Å². The Kier molecular flexibility index (Phi) is 3.25. The molecule has 0 aliphatic carbocycles. The van der Waals surface area contributed by atoms with Gasteiger partial charge in [-0.15, -0.1) is 0 Å². The lowest BCUT2D eigenvalue weighted by molar-refractivity contribution is -0.144. The minimum absolute atomic E-state index is 0.371. The maximum atomic E-state index is 12.3. The van der Waals surface area contributed by atoms with Crippen LogP contribution in [-0.2, 0) is 9.53 Å². The molecule has 1 heterocycles. The van der Waals surface area contributed by atoms with E-state index in [-0.39, 0.29) is 0 Å². The number of H-pyrrole nitrogens is 1. The quantitative estimate of drug-likeness (QED) is 0.809. The van der Waals surface area contributed by atoms with Gasteiger partial charge in [0.05, 0.1) is 18.0 Å². The van der Waals surface area contributed by atoms with E-state index in [4.69, 9.17) is 0 Å². The maximum Gasteiger partial charge on any atom is 0.329 e. The van der Waals surface area contributed by atoms with Crippen LogP contribution in [0.2, 0.25) is 0 Å². The molecule has 1 unspecified atom stereocenters. The number of hydrogen-bond donors (Lipinski definition) is 1. The lowest BCUT2D eigenvalue weighted by Gasteiger charge is -2.12. The molecule has 0 amide bonds. The Labute approximate surface area is 108 Å². The first-order valence-corrected chi connectivity index (χ1v) is 5.78. The number of rotatable bonds is 2. The number of ether oxygens (including phenoxy) is 1. The van der Waals surface area contributed by atoms with Crippen LogP contribution in [0.15, 0.2) is 27.8 Å². The number of esters is 1. The third-order valence-corrected chi connectivity index (χ3v) is 3.01. The second-order valence-corrected chi connectivity index (χ2v) is 4.35. The van der Waals surface area contributed by atoms with Crippen LogP contribution >= 0.6 is 0 Å². The molecule has 100 valence electrons. The van der Waals surface area contributed by atoms with Crippen molar-refractivity contribution >= 4 is 16.9 Å². The van der Waals surface area contributed by atoms with Gasteiger partial charge in [0.1, 0.15) is 6.04 Å². The number of nitrogens with zero attached hydrogens (tertiary/aromatic N) is 1. The number of benzene rings is 1. The van der Waals surface area contributed by atoms with Gasteiger partial charge < -0.3 is 9.72 Å². The van der Waals surface area contributed by atoms with Crippen molar-refractivity contribution in [1.29, 1.82) is 0 Å². The van der Waals surface area contributed by atoms with Crippen molar-refractivity contribution in [2.45, 2.75) is 19.9 Å². The van der Waals surface area contributed by atoms with Gasteiger partial charge in [-0.1, -0.05) is 11.6 Å². The number of carbonyl (C=O) groups excluding carboxylic acids is 1. The van der Waals surface area contributed by atoms with Crippen molar-refractivity contribution in [2.24, 2.45) is 0 Å². The van der Waals surface area contributed by atoms with Crippen molar-refractivity contribution in [3.8, 4) is 0 Å². The Morgan fingerprint density at radius 1 is 1.37 bits per heavy atom. The Morgan fingerprint density at radius 2 is 2.05 bits per heavy atom. The molecule has 6 heteroatoms. The molecule has 1 aromatic carbocycles. The first-order chi connectivity index (χ1) is 8.95. The van der Waals surface area contributed by atoms with Crippen LogP contribution in [0.5, 0.6) is 0 Å². The third-order valence-electron chi connectivity index (χ3n) is 3.01. The zero-order valence-corrected chi connectivity index (χ0v) is 10.9. The van der Waals surface area contributed by atoms with E-state index in [0.717, 1.165) is 10.1 Å². The number of aromatic amines is 1. The van der Waals surface area contributed by atoms with Gasteiger partial charge in [-0.05, 0) is 26.0 Å². The lowest BCUT2D eigenvalue weighted by Crippen LogP contribution is -2.40. The molecule has 0 fully saturated rings. The molecule has 2 aromatic rings. The summed E-state index contributed by atoms with van der Waals surface area (Å²) < 4.78 is 5.43. The molecule has 2 rings (SSSR count). The van der Waals surface area contributed by atoms with Crippen LogP contribution in [0.3, 0.4) is 0 Å². The van der Waals surface area contributed by atoms with Crippen molar-refractivity contribution in [2.75, 3.05) is 7.11 Å². The topological polar surface area (TPSA) is 81.2 Å². The molecular weight excluding hydrogens is 248 g/mol. The van der Waals surface area contributed by atoms with Gasteiger partial charge in [0, 0.05) is 0 Å². The highest BCUT2D eigenvalue weighted by Gasteiger charge is 2.20. The predicted molar refractivity (Wildman–Crippen MR) is 70.3 cm³/mol. The van der Waals surface area contributed by atoms with Crippen LogP contribution in [-0.4, -0.2) is 22.6 Å². The maximum absolute atomic E-state index is 12.3. The largest absolute Gasteiger partial charge is 0.467 e. The van der Waals surface area contributed by atoms with Crippen LogP contribution in [0, 0.1) is 6.92 Å². The van der Waals surface area contributed by atoms with Gasteiger partial charge in [0.25, 0.3) is 5.56 Å². The Hall–Kier alpha value is -2.37. The first kappa shape index (κ1) is 13.1. The summed E-state index contributed by atoms with van der Waals surface area (Å²) in [6.45, 7) is 3.29. The summed E-state index contributed by atoms with van der Waals surface area (Å²) >= 11 is 0. The average Bonchev–Trinajstić information content (AvgIpc) is 2.38. The second kappa shape index (κ2) is 4.72. The molecule has 1 aromatic heterocycles. The molecular formula is C13H14N2O4. The number of fused-ring (bicyclic) bond motifs is 1. The standard InChI is InChI=1S/C13H14N2O4/c1-7-4-5-10-9(6-7)11(16)15(13(18)14-10)8(2)12(17)19-3/h4-6,8H,1-3H3,(H,14,18). The minimum atomic E-state index is -0.967. The van der Waals surface area contributed by atoms with Gasteiger partial charge in [-0.25, -0.2) is 14.2 Å². The summed E-state index contributed by atoms with van der Waals surface area (Å²) in [4.78, 5) is 38.3. The molecule has 0 bridgehead atoms. The molecule has 0 aliphatic heterocycles. The van der Waals surface area contributed by atoms with Crippen LogP contribution in [0.1, 0.15) is 18.5 Å². The fourth-order valence-electron chi connectivity index (χ4n) is 1.97. The summed E-state index contributed by atoms with van der Waals surface area (Å²) in [5.74, 6) is -0.639. The molecule has 0 saturated carbocycles. The van der Waals surface area contributed by atoms with E-state index in [1.54, 1.807) is 18.2 Å². The zero-order valence-electron chi connectivity index (χ0n) is 10.9. The Morgan fingerprint density at radius 3 is 2.68 bits per heavy atom. The molecule has 0 saturated heterocycles. The molecule has 0 aliphatic rings. The van der Waals surface area contributed by atoms with Crippen LogP contribution in [0.4, 0.5) is 0 Å². The summed E-state index contributed by atoms with van der Waals surface area (Å²) in [5, 5.41) is 0.371. The van der Waals surface area contributed by atoms with Gasteiger partial charge in [0.2, 0.25) is 0 Å². The lowest BCUT2D eigenvalue weighted by atomic mass is 10.1. The van der Waals surface area contributed by atoms with Crippen LogP contribution in [0.25, 0.3) is 10.9 Å². The summed E-state index contributed by atoms with van der Waals surface area (Å²) in [6, 6.07) is 4.17. The normalized spacial score (nSPS) is 12.4. The predicted octanol–water partition coefficient (Wildman–Crippen LogP) is 0.732. The van der Waals surface area contributed by atoms with E-state index in [9.17, 15) is 14.4 Å². The van der Waals surface area contributed by atoms with E-state index in [0.29, 0.717) is 10.9 Å². The Bertz CT molecular complexity index is 757. The van der Waals surface area contributed by atoms with E-state index in [1.165, 1.54) is 14.0 Å². The van der Waals surface area contributed by atoms with Crippen LogP contribution < -0.4 is 11.2 Å². The van der Waals surface area contributed by atoms with Gasteiger partial charge in [-0.2, -0.15) is 0 Å². The number of nitrogens with one attached hydrogen (secondary N) is 1. The van der Waals surface area contributed by atoms with Gasteiger partial charge >= 0.3 is 11.7 Å². The van der Waals surface area contributed by atoms with Gasteiger partial charge in [0.15, 0.2) is 0 Å². The van der Waals surface area contributed by atoms with Crippen molar-refractivity contribution in [3.05, 3.63) is 44.6 Å². The summed E-state index contributed by atoms with van der Waals surface area (Å²) in [5.41, 5.74) is 0.224. The Balaban J connectivity index is 2.79. The number of carbonyl (C=O) groups is 1. The first-order valence-electron chi connectivity index (χ1n) is 5.78. The van der Waals surface area contributed by atoms with E-state index < -0.39 is 23.3 Å². The van der Waals surface area contributed by atoms with Crippen molar-refractivity contribution in [1.82, 2.24) is 9.55 Å². The van der Waals surface area contributed by atoms with E-state index >= 15 is 0 Å². The molecule has 0 spiro atoms. The van der Waals surface area contributed by atoms with E-state index in [2.05, 4.69) is 9.72 Å². The smallest absolute Gasteiger partial charge is 0.329 e. The number of methoxy groups -OCH3 is 1. The number of aryl methyl sites for hydroxylation is 1. The van der Waals surface area contributed by atoms with E-state index in [1.807, 2.05) is 6.92 Å². The average molecular weight is 262 g/mol. The highest BCUT2D eigenvalue weighted by molar-refractivity contribution is 5.79.